The van der Waals surface area contributed by atoms with Gasteiger partial charge in [0.2, 0.25) is 5.78 Å². The average Bonchev–Trinajstić information content (AvgIpc) is 2.98. The molecule has 4 aromatic rings. The van der Waals surface area contributed by atoms with Gasteiger partial charge in [-0.25, -0.2) is 18.7 Å². The number of ether oxygens (including phenoxy) is 1. The van der Waals surface area contributed by atoms with Crippen molar-refractivity contribution in [3.63, 3.8) is 0 Å². The maximum absolute atomic E-state index is 16.0. The number of hydrogen-bond donors (Lipinski definition) is 1. The first-order chi connectivity index (χ1) is 20.5. The van der Waals surface area contributed by atoms with Crippen molar-refractivity contribution < 1.29 is 23.4 Å². The quantitative estimate of drug-likeness (QED) is 0.231. The summed E-state index contributed by atoms with van der Waals surface area (Å²) < 4.78 is 37.7. The number of aliphatic hydroxyl groups is 1. The second kappa shape index (κ2) is 12.1. The number of benzene rings is 3. The molecule has 1 fully saturated rings. The van der Waals surface area contributed by atoms with Crippen LogP contribution >= 0.6 is 0 Å². The molecular formula is C34H37F2N3O3Si. The first kappa shape index (κ1) is 30.7. The van der Waals surface area contributed by atoms with Crippen LogP contribution < -0.4 is 15.3 Å². The van der Waals surface area contributed by atoms with Crippen LogP contribution in [0.25, 0.3) is 0 Å². The Labute approximate surface area is 252 Å². The highest BCUT2D eigenvalue weighted by Gasteiger charge is 2.55. The van der Waals surface area contributed by atoms with Crippen molar-refractivity contribution in [2.75, 3.05) is 18.0 Å². The molecule has 0 radical (unpaired) electrons. The van der Waals surface area contributed by atoms with Crippen LogP contribution in [0.3, 0.4) is 0 Å². The fourth-order valence-electron chi connectivity index (χ4n) is 6.70. The third-order valence-corrected chi connectivity index (χ3v) is 14.3. The maximum Gasteiger partial charge on any atom is 0.216 e. The first-order valence-corrected chi connectivity index (χ1v) is 16.6. The number of rotatable bonds is 7. The van der Waals surface area contributed by atoms with Crippen molar-refractivity contribution in [3.05, 3.63) is 114 Å². The minimum atomic E-state index is -3.33. The van der Waals surface area contributed by atoms with E-state index in [9.17, 15) is 9.90 Å². The molecule has 0 aliphatic carbocycles. The maximum atomic E-state index is 16.0. The van der Waals surface area contributed by atoms with Crippen LogP contribution in [0.4, 0.5) is 14.5 Å². The van der Waals surface area contributed by atoms with Crippen molar-refractivity contribution >= 4 is 29.9 Å². The molecule has 1 saturated heterocycles. The molecular weight excluding hydrogens is 564 g/mol. The summed E-state index contributed by atoms with van der Waals surface area (Å²) in [6.07, 6.45) is 2.07. The number of hydrogen-bond acceptors (Lipinski definition) is 6. The molecule has 1 unspecified atom stereocenters. The molecule has 3 aromatic carbocycles. The van der Waals surface area contributed by atoms with E-state index in [2.05, 4.69) is 30.7 Å². The third-order valence-electron chi connectivity index (χ3n) is 8.35. The fourth-order valence-corrected chi connectivity index (χ4v) is 12.3. The molecule has 3 atom stereocenters. The smallest absolute Gasteiger partial charge is 0.216 e. The van der Waals surface area contributed by atoms with Gasteiger partial charge in [0.1, 0.15) is 12.0 Å². The molecule has 6 nitrogen and oxygen atoms in total. The van der Waals surface area contributed by atoms with Gasteiger partial charge < -0.3 is 14.7 Å². The standard InChI is InChI=1S/C34H37F2N3O3Si/c1-22-19-39(20-23(2)42-22)31-26(18-27(35)30(36)29(31)32(40)28-16-17-37-21-38-28)33(41)43(34(3,4)5,24-12-8-6-9-13-24)25-14-10-7-11-15-25/h6-18,21-23,33,41H,19-20H2,1-5H3/t22-,23+,33?. The lowest BCUT2D eigenvalue weighted by molar-refractivity contribution is -0.00541. The largest absolute Gasteiger partial charge is 0.391 e. The van der Waals surface area contributed by atoms with E-state index in [1.807, 2.05) is 79.4 Å². The topological polar surface area (TPSA) is 75.5 Å². The molecule has 1 aromatic heterocycles. The number of aromatic nitrogens is 2. The van der Waals surface area contributed by atoms with Crippen molar-refractivity contribution in [1.82, 2.24) is 9.97 Å². The van der Waals surface area contributed by atoms with Crippen LogP contribution in [0, 0.1) is 11.6 Å². The molecule has 1 aliphatic rings. The van der Waals surface area contributed by atoms with Crippen molar-refractivity contribution in [2.24, 2.45) is 0 Å². The molecule has 43 heavy (non-hydrogen) atoms. The zero-order chi connectivity index (χ0) is 30.9. The van der Waals surface area contributed by atoms with E-state index in [-0.39, 0.29) is 29.2 Å². The molecule has 1 N–H and O–H groups in total. The van der Waals surface area contributed by atoms with Gasteiger partial charge in [0.15, 0.2) is 19.7 Å². The SMILES string of the molecule is C[C@@H]1CN(c2c(C(O)[Si](c3ccccc3)(c3ccccc3)C(C)(C)C)cc(F)c(F)c2C(=O)c2ccncn2)C[C@H](C)O1. The minimum Gasteiger partial charge on any atom is -0.391 e. The molecule has 0 saturated carbocycles. The highest BCUT2D eigenvalue weighted by atomic mass is 28.3. The summed E-state index contributed by atoms with van der Waals surface area (Å²) >= 11 is 0. The highest BCUT2D eigenvalue weighted by molar-refractivity contribution is 7.04. The van der Waals surface area contributed by atoms with Crippen LogP contribution in [0.5, 0.6) is 0 Å². The number of nitrogens with zero attached hydrogens (tertiary/aromatic N) is 3. The molecule has 9 heteroatoms. The van der Waals surface area contributed by atoms with Crippen molar-refractivity contribution in [3.8, 4) is 0 Å². The minimum absolute atomic E-state index is 0.0685. The van der Waals surface area contributed by atoms with Crippen LogP contribution in [0.1, 0.15) is 62.0 Å². The predicted molar refractivity (Wildman–Crippen MR) is 167 cm³/mol. The second-order valence-corrected chi connectivity index (χ2v) is 17.1. The van der Waals surface area contributed by atoms with Gasteiger partial charge in [-0.3, -0.25) is 4.79 Å². The molecule has 5 rings (SSSR count). The normalized spacial score (nSPS) is 18.4. The summed E-state index contributed by atoms with van der Waals surface area (Å²) in [5, 5.41) is 14.2. The summed E-state index contributed by atoms with van der Waals surface area (Å²) in [7, 11) is -3.33. The first-order valence-electron chi connectivity index (χ1n) is 14.5. The summed E-state index contributed by atoms with van der Waals surface area (Å²) in [6, 6.07) is 22.0. The van der Waals surface area contributed by atoms with Crippen molar-refractivity contribution in [2.45, 2.75) is 57.6 Å². The van der Waals surface area contributed by atoms with Crippen LogP contribution in [-0.2, 0) is 4.74 Å². The number of halogens is 2. The Hall–Kier alpha value is -3.79. The molecule has 0 amide bonds. The zero-order valence-electron chi connectivity index (χ0n) is 25.1. The zero-order valence-corrected chi connectivity index (χ0v) is 26.1. The second-order valence-electron chi connectivity index (χ2n) is 12.3. The number of morpholine rings is 1. The predicted octanol–water partition coefficient (Wildman–Crippen LogP) is 5.24. The van der Waals surface area contributed by atoms with E-state index in [4.69, 9.17) is 4.74 Å². The lowest BCUT2D eigenvalue weighted by atomic mass is 9.98. The number of anilines is 1. The van der Waals surface area contributed by atoms with Gasteiger partial charge in [0.25, 0.3) is 0 Å². The Morgan fingerprint density at radius 3 is 2.02 bits per heavy atom. The lowest BCUT2D eigenvalue weighted by Crippen LogP contribution is -2.68. The summed E-state index contributed by atoms with van der Waals surface area (Å²) in [5.74, 6) is -3.26. The number of ketones is 1. The third kappa shape index (κ3) is 5.53. The van der Waals surface area contributed by atoms with Crippen LogP contribution in [-0.4, -0.2) is 54.2 Å². The van der Waals surface area contributed by atoms with E-state index in [0.717, 1.165) is 16.4 Å². The molecule has 2 heterocycles. The highest BCUT2D eigenvalue weighted by Crippen LogP contribution is 2.47. The van der Waals surface area contributed by atoms with E-state index >= 15 is 8.78 Å². The molecule has 1 aliphatic heterocycles. The Bertz CT molecular complexity index is 1530. The summed E-state index contributed by atoms with van der Waals surface area (Å²) in [5.41, 5.74) is -1.45. The van der Waals surface area contributed by atoms with Gasteiger partial charge >= 0.3 is 0 Å². The number of aliphatic hydroxyl groups excluding tert-OH is 1. The average molecular weight is 602 g/mol. The number of carbonyl (C=O) groups excluding carboxylic acids is 1. The van der Waals surface area contributed by atoms with E-state index in [0.29, 0.717) is 13.1 Å². The van der Waals surface area contributed by atoms with Gasteiger partial charge in [-0.1, -0.05) is 91.8 Å². The van der Waals surface area contributed by atoms with Gasteiger partial charge in [0.05, 0.1) is 29.2 Å². The van der Waals surface area contributed by atoms with Gasteiger partial charge in [-0.15, -0.1) is 0 Å². The van der Waals surface area contributed by atoms with Crippen molar-refractivity contribution in [1.29, 1.82) is 0 Å². The Morgan fingerprint density at radius 2 is 1.53 bits per heavy atom. The fraction of sp³-hybridized carbons (Fsp3) is 0.324. The van der Waals surface area contributed by atoms with Crippen LogP contribution in [0.15, 0.2) is 85.3 Å². The van der Waals surface area contributed by atoms with Gasteiger partial charge in [-0.2, -0.15) is 0 Å². The molecule has 0 bridgehead atoms. The Kier molecular flexibility index (Phi) is 8.60. The Balaban J connectivity index is 1.87. The monoisotopic (exact) mass is 601 g/mol. The van der Waals surface area contributed by atoms with Gasteiger partial charge in [0, 0.05) is 24.8 Å². The van der Waals surface area contributed by atoms with E-state index in [1.54, 1.807) is 0 Å². The summed E-state index contributed by atoms with van der Waals surface area (Å²) in [6.45, 7) is 10.7. The summed E-state index contributed by atoms with van der Waals surface area (Å²) in [4.78, 5) is 23.8. The molecule has 0 spiro atoms. The lowest BCUT2D eigenvalue weighted by Gasteiger charge is -2.48. The van der Waals surface area contributed by atoms with E-state index < -0.39 is 41.8 Å². The van der Waals surface area contributed by atoms with Gasteiger partial charge in [-0.05, 0) is 31.0 Å². The van der Waals surface area contributed by atoms with E-state index in [1.165, 1.54) is 18.6 Å². The molecule has 224 valence electrons. The number of carbonyl (C=O) groups is 1. The Morgan fingerprint density at radius 1 is 0.977 bits per heavy atom. The van der Waals surface area contributed by atoms with Crippen LogP contribution in [0.2, 0.25) is 5.04 Å².